The maximum atomic E-state index is 12.3. The van der Waals surface area contributed by atoms with Crippen LogP contribution in [0.1, 0.15) is 45.6 Å². The molecule has 1 aliphatic rings. The highest BCUT2D eigenvalue weighted by Gasteiger charge is 2.27. The molecule has 0 radical (unpaired) electrons. The molecule has 1 aromatic rings. The number of ketones is 1. The first-order valence-electron chi connectivity index (χ1n) is 8.58. The zero-order chi connectivity index (χ0) is 18.4. The second kappa shape index (κ2) is 8.60. The summed E-state index contributed by atoms with van der Waals surface area (Å²) in [5.41, 5.74) is 2.76. The number of aliphatic imine (C=N–C) groups is 1. The minimum Gasteiger partial charge on any atom is -0.511 e. The highest BCUT2D eigenvalue weighted by atomic mass is 16.6. The molecule has 0 saturated heterocycles. The zero-order valence-electron chi connectivity index (χ0n) is 15.3. The number of nitrogens with zero attached hydrogens (tertiary/aromatic N) is 2. The first-order valence-corrected chi connectivity index (χ1v) is 8.58. The molecule has 0 aromatic heterocycles. The molecule has 5 nitrogen and oxygen atoms in total. The predicted molar refractivity (Wildman–Crippen MR) is 101 cm³/mol. The van der Waals surface area contributed by atoms with Crippen LogP contribution in [0, 0.1) is 11.8 Å². The van der Waals surface area contributed by atoms with E-state index < -0.39 is 0 Å². The van der Waals surface area contributed by atoms with E-state index in [1.54, 1.807) is 0 Å². The van der Waals surface area contributed by atoms with Crippen molar-refractivity contribution in [2.75, 3.05) is 7.11 Å². The Balaban J connectivity index is 2.10. The first kappa shape index (κ1) is 18.9. The van der Waals surface area contributed by atoms with Crippen LogP contribution in [0.15, 0.2) is 45.7 Å². The summed E-state index contributed by atoms with van der Waals surface area (Å²) in [6, 6.07) is 7.46. The van der Waals surface area contributed by atoms with Crippen molar-refractivity contribution in [1.82, 2.24) is 0 Å². The number of oxime groups is 1. The van der Waals surface area contributed by atoms with E-state index in [0.29, 0.717) is 30.0 Å². The monoisotopic (exact) mass is 342 g/mol. The summed E-state index contributed by atoms with van der Waals surface area (Å²) < 4.78 is 0. The number of benzene rings is 1. The summed E-state index contributed by atoms with van der Waals surface area (Å²) in [6.07, 6.45) is 3.46. The van der Waals surface area contributed by atoms with Gasteiger partial charge >= 0.3 is 0 Å². The zero-order valence-corrected chi connectivity index (χ0v) is 15.3. The lowest BCUT2D eigenvalue weighted by Gasteiger charge is -2.23. The van der Waals surface area contributed by atoms with E-state index in [1.807, 2.05) is 31.2 Å². The Morgan fingerprint density at radius 1 is 1.32 bits per heavy atom. The molecule has 1 atom stereocenters. The van der Waals surface area contributed by atoms with Gasteiger partial charge in [-0.3, -0.25) is 9.79 Å². The van der Waals surface area contributed by atoms with Crippen LogP contribution >= 0.6 is 0 Å². The fourth-order valence-electron chi connectivity index (χ4n) is 3.09. The van der Waals surface area contributed by atoms with Crippen LogP contribution < -0.4 is 0 Å². The van der Waals surface area contributed by atoms with E-state index in [9.17, 15) is 9.90 Å². The van der Waals surface area contributed by atoms with Gasteiger partial charge < -0.3 is 9.94 Å². The maximum Gasteiger partial charge on any atom is 0.168 e. The molecular weight excluding hydrogens is 316 g/mol. The standard InChI is InChI=1S/C20H26N2O3/c1-13(2)9-15-10-19(23)18(20(24)11-15)12-21-17-7-5-16(6-8-17)14(3)22-25-4/h5-8,12-13,15,23H,9-11H2,1-4H3. The average molecular weight is 342 g/mol. The van der Waals surface area contributed by atoms with Crippen molar-refractivity contribution in [3.63, 3.8) is 0 Å². The first-order chi connectivity index (χ1) is 11.9. The van der Waals surface area contributed by atoms with Gasteiger partial charge in [-0.1, -0.05) is 31.1 Å². The van der Waals surface area contributed by atoms with Gasteiger partial charge in [0, 0.05) is 19.1 Å². The van der Waals surface area contributed by atoms with Crippen LogP contribution in [0.5, 0.6) is 0 Å². The maximum absolute atomic E-state index is 12.3. The Morgan fingerprint density at radius 2 is 2.00 bits per heavy atom. The van der Waals surface area contributed by atoms with Crippen molar-refractivity contribution >= 4 is 23.4 Å². The summed E-state index contributed by atoms with van der Waals surface area (Å²) in [4.78, 5) is 21.4. The van der Waals surface area contributed by atoms with Gasteiger partial charge in [-0.15, -0.1) is 0 Å². The fraction of sp³-hybridized carbons (Fsp3) is 0.450. The van der Waals surface area contributed by atoms with Crippen LogP contribution in [-0.2, 0) is 9.63 Å². The Hall–Kier alpha value is -2.43. The molecule has 0 amide bonds. The van der Waals surface area contributed by atoms with Gasteiger partial charge in [0.2, 0.25) is 0 Å². The van der Waals surface area contributed by atoms with Gasteiger partial charge in [0.1, 0.15) is 12.9 Å². The number of carbonyl (C=O) groups excluding carboxylic acids is 1. The van der Waals surface area contributed by atoms with Crippen molar-refractivity contribution in [3.05, 3.63) is 41.2 Å². The fourth-order valence-corrected chi connectivity index (χ4v) is 3.09. The predicted octanol–water partition coefficient (Wildman–Crippen LogP) is 4.60. The molecule has 0 aliphatic heterocycles. The molecule has 1 aromatic carbocycles. The molecule has 0 fully saturated rings. The van der Waals surface area contributed by atoms with Gasteiger partial charge in [0.25, 0.3) is 0 Å². The smallest absolute Gasteiger partial charge is 0.168 e. The number of hydrogen-bond acceptors (Lipinski definition) is 5. The minimum absolute atomic E-state index is 0.0298. The Morgan fingerprint density at radius 3 is 2.56 bits per heavy atom. The Kier molecular flexibility index (Phi) is 6.51. The normalized spacial score (nSPS) is 19.2. The lowest BCUT2D eigenvalue weighted by atomic mass is 9.82. The molecule has 0 bridgehead atoms. The van der Waals surface area contributed by atoms with Crippen LogP contribution in [0.2, 0.25) is 0 Å². The van der Waals surface area contributed by atoms with Crippen molar-refractivity contribution < 1.29 is 14.7 Å². The van der Waals surface area contributed by atoms with E-state index in [-0.39, 0.29) is 17.5 Å². The van der Waals surface area contributed by atoms with Crippen molar-refractivity contribution in [3.8, 4) is 0 Å². The van der Waals surface area contributed by atoms with Crippen LogP contribution in [0.4, 0.5) is 5.69 Å². The summed E-state index contributed by atoms with van der Waals surface area (Å²) in [5, 5.41) is 14.1. The molecular formula is C20H26N2O3. The number of allylic oxidation sites excluding steroid dienone is 2. The molecule has 0 heterocycles. The lowest BCUT2D eigenvalue weighted by Crippen LogP contribution is -2.21. The number of Topliss-reactive ketones (excluding diaryl/α,β-unsaturated/α-hetero) is 1. The minimum atomic E-state index is -0.0298. The quantitative estimate of drug-likeness (QED) is 0.607. The molecule has 2 rings (SSSR count). The van der Waals surface area contributed by atoms with Gasteiger partial charge in [0.05, 0.1) is 17.0 Å². The Bertz CT molecular complexity index is 700. The molecule has 1 unspecified atom stereocenters. The van der Waals surface area contributed by atoms with E-state index in [1.165, 1.54) is 13.3 Å². The Labute approximate surface area is 149 Å². The molecule has 134 valence electrons. The van der Waals surface area contributed by atoms with Crippen LogP contribution in [0.3, 0.4) is 0 Å². The van der Waals surface area contributed by atoms with E-state index in [2.05, 4.69) is 24.0 Å². The van der Waals surface area contributed by atoms with Gasteiger partial charge in [-0.05, 0) is 42.9 Å². The summed E-state index contributed by atoms with van der Waals surface area (Å²) in [7, 11) is 1.51. The number of carbonyl (C=O) groups is 1. The highest BCUT2D eigenvalue weighted by Crippen LogP contribution is 2.30. The van der Waals surface area contributed by atoms with Crippen molar-refractivity contribution in [2.45, 2.75) is 40.0 Å². The highest BCUT2D eigenvalue weighted by molar-refractivity contribution is 6.14. The topological polar surface area (TPSA) is 71.2 Å². The van der Waals surface area contributed by atoms with Crippen LogP contribution in [-0.4, -0.2) is 29.9 Å². The van der Waals surface area contributed by atoms with Crippen molar-refractivity contribution in [2.24, 2.45) is 22.0 Å². The van der Waals surface area contributed by atoms with E-state index in [0.717, 1.165) is 17.7 Å². The number of aliphatic hydroxyl groups is 1. The third kappa shape index (κ3) is 5.28. The molecule has 25 heavy (non-hydrogen) atoms. The van der Waals surface area contributed by atoms with Crippen molar-refractivity contribution in [1.29, 1.82) is 0 Å². The summed E-state index contributed by atoms with van der Waals surface area (Å²) in [6.45, 7) is 6.12. The van der Waals surface area contributed by atoms with Gasteiger partial charge in [0.15, 0.2) is 5.78 Å². The average Bonchev–Trinajstić information content (AvgIpc) is 2.54. The van der Waals surface area contributed by atoms with Crippen LogP contribution in [0.25, 0.3) is 0 Å². The molecule has 1 N–H and O–H groups in total. The number of aliphatic hydroxyl groups excluding tert-OH is 1. The third-order valence-electron chi connectivity index (χ3n) is 4.23. The molecule has 1 aliphatic carbocycles. The molecule has 0 spiro atoms. The van der Waals surface area contributed by atoms with Gasteiger partial charge in [-0.2, -0.15) is 0 Å². The van der Waals surface area contributed by atoms with E-state index >= 15 is 0 Å². The second-order valence-corrected chi connectivity index (χ2v) is 6.85. The summed E-state index contributed by atoms with van der Waals surface area (Å²) >= 11 is 0. The molecule has 5 heteroatoms. The van der Waals surface area contributed by atoms with E-state index in [4.69, 9.17) is 4.84 Å². The third-order valence-corrected chi connectivity index (χ3v) is 4.23. The molecule has 0 saturated carbocycles. The lowest BCUT2D eigenvalue weighted by molar-refractivity contribution is -0.116. The number of rotatable bonds is 6. The SMILES string of the molecule is CON=C(C)c1ccc(N=CC2=C(O)CC(CC(C)C)CC2=O)cc1. The second-order valence-electron chi connectivity index (χ2n) is 6.85. The van der Waals surface area contributed by atoms with Gasteiger partial charge in [-0.25, -0.2) is 0 Å². The largest absolute Gasteiger partial charge is 0.511 e. The number of hydrogen-bond donors (Lipinski definition) is 1. The summed E-state index contributed by atoms with van der Waals surface area (Å²) in [5.74, 6) is 0.875.